The first-order valence-electron chi connectivity index (χ1n) is 13.7. The van der Waals surface area contributed by atoms with E-state index in [-0.39, 0.29) is 80.5 Å². The van der Waals surface area contributed by atoms with Crippen LogP contribution in [0.25, 0.3) is 0 Å². The van der Waals surface area contributed by atoms with Crippen molar-refractivity contribution in [2.75, 3.05) is 65.2 Å². The third-order valence-corrected chi connectivity index (χ3v) is 9.50. The van der Waals surface area contributed by atoms with E-state index in [1.807, 2.05) is 19.4 Å². The van der Waals surface area contributed by atoms with E-state index in [1.165, 1.54) is 10.8 Å². The lowest BCUT2D eigenvalue weighted by atomic mass is 9.71. The van der Waals surface area contributed by atoms with E-state index in [0.29, 0.717) is 30.8 Å². The number of carbonyl (C=O) groups is 2. The maximum Gasteiger partial charge on any atom is 0.251 e. The molecule has 5 N–H and O–H groups in total. The molecule has 11 nitrogen and oxygen atoms in total. The van der Waals surface area contributed by atoms with E-state index in [4.69, 9.17) is 29.4 Å². The smallest absolute Gasteiger partial charge is 0.251 e. The zero-order valence-electron chi connectivity index (χ0n) is 24.7. The fraction of sp³-hybridized carbons (Fsp3) is 0.630. The number of rotatable bonds is 21. The Balaban J connectivity index is 1.60. The lowest BCUT2D eigenvalue weighted by Crippen LogP contribution is -2.29. The van der Waals surface area contributed by atoms with Crippen molar-refractivity contribution in [1.29, 1.82) is 0 Å². The SMILES string of the molecule is CSSC(COc1cccc(C(=O)NCCN)c1)OCCOCC(=O)NCC#C[B][C@H]1C[C@@H](O[C@@H](C)SSC)C(CO)O1. The van der Waals surface area contributed by atoms with Crippen molar-refractivity contribution in [3.05, 3.63) is 29.8 Å². The minimum absolute atomic E-state index is 0.00598. The molecule has 2 rings (SSSR count). The maximum absolute atomic E-state index is 12.1. The van der Waals surface area contributed by atoms with Crippen molar-refractivity contribution in [2.45, 2.75) is 42.4 Å². The van der Waals surface area contributed by atoms with Crippen LogP contribution in [0.3, 0.4) is 0 Å². The van der Waals surface area contributed by atoms with Gasteiger partial charge in [0.2, 0.25) is 5.91 Å². The molecule has 1 aromatic rings. The highest BCUT2D eigenvalue weighted by Gasteiger charge is 2.36. The summed E-state index contributed by atoms with van der Waals surface area (Å²) in [5.74, 6) is 5.85. The molecular formula is C27H41BN3O8S4. The second-order valence-electron chi connectivity index (χ2n) is 8.90. The van der Waals surface area contributed by atoms with Crippen molar-refractivity contribution < 1.29 is 38.4 Å². The summed E-state index contributed by atoms with van der Waals surface area (Å²) in [4.78, 5) is 24.2. The fourth-order valence-corrected chi connectivity index (χ4v) is 6.63. The van der Waals surface area contributed by atoms with Crippen LogP contribution in [0.2, 0.25) is 0 Å². The first-order valence-corrected chi connectivity index (χ1v) is 18.9. The summed E-state index contributed by atoms with van der Waals surface area (Å²) in [7, 11) is 8.02. The number of amides is 2. The summed E-state index contributed by atoms with van der Waals surface area (Å²) >= 11 is 0. The number of hydrogen-bond donors (Lipinski definition) is 4. The van der Waals surface area contributed by atoms with E-state index in [9.17, 15) is 14.7 Å². The Kier molecular flexibility index (Phi) is 20.4. The van der Waals surface area contributed by atoms with Crippen LogP contribution in [0.15, 0.2) is 24.3 Å². The quantitative estimate of drug-likeness (QED) is 0.0494. The zero-order valence-corrected chi connectivity index (χ0v) is 27.9. The molecule has 16 heteroatoms. The molecule has 1 fully saturated rings. The van der Waals surface area contributed by atoms with E-state index in [2.05, 4.69) is 22.4 Å². The van der Waals surface area contributed by atoms with Gasteiger partial charge >= 0.3 is 0 Å². The van der Waals surface area contributed by atoms with Gasteiger partial charge in [0.15, 0.2) is 0 Å². The molecule has 43 heavy (non-hydrogen) atoms. The van der Waals surface area contributed by atoms with Crippen molar-refractivity contribution in [3.8, 4) is 17.5 Å². The van der Waals surface area contributed by atoms with E-state index in [0.717, 1.165) is 0 Å². The van der Waals surface area contributed by atoms with Crippen LogP contribution in [0.1, 0.15) is 23.7 Å². The molecule has 1 radical (unpaired) electrons. The molecular weight excluding hydrogens is 633 g/mol. The topological polar surface area (TPSA) is 151 Å². The van der Waals surface area contributed by atoms with Gasteiger partial charge in [-0.3, -0.25) is 9.59 Å². The molecule has 239 valence electrons. The number of hydrogen-bond acceptors (Lipinski definition) is 13. The molecule has 0 aromatic heterocycles. The summed E-state index contributed by atoms with van der Waals surface area (Å²) in [5, 5.41) is 15.0. The van der Waals surface area contributed by atoms with Crippen LogP contribution in [0.4, 0.5) is 0 Å². The molecule has 1 saturated heterocycles. The molecule has 0 spiro atoms. The van der Waals surface area contributed by atoms with Gasteiger partial charge in [0.05, 0.1) is 32.5 Å². The van der Waals surface area contributed by atoms with Crippen LogP contribution in [-0.2, 0) is 23.7 Å². The van der Waals surface area contributed by atoms with Crippen LogP contribution in [0, 0.1) is 11.7 Å². The molecule has 1 aliphatic heterocycles. The summed E-state index contributed by atoms with van der Waals surface area (Å²) in [6.45, 7) is 3.47. The van der Waals surface area contributed by atoms with Crippen LogP contribution in [0.5, 0.6) is 5.75 Å². The van der Waals surface area contributed by atoms with E-state index < -0.39 is 0 Å². The van der Waals surface area contributed by atoms with Crippen molar-refractivity contribution >= 4 is 62.3 Å². The highest BCUT2D eigenvalue weighted by molar-refractivity contribution is 8.76. The monoisotopic (exact) mass is 674 g/mol. The number of aliphatic hydroxyl groups excluding tert-OH is 1. The van der Waals surface area contributed by atoms with Crippen LogP contribution < -0.4 is 21.1 Å². The van der Waals surface area contributed by atoms with Gasteiger partial charge in [0.25, 0.3) is 13.2 Å². The number of ether oxygens (including phenoxy) is 5. The first kappa shape index (κ1) is 37.9. The Hall–Kier alpha value is -1.26. The van der Waals surface area contributed by atoms with Gasteiger partial charge in [0, 0.05) is 24.7 Å². The highest BCUT2D eigenvalue weighted by atomic mass is 33.1. The predicted molar refractivity (Wildman–Crippen MR) is 177 cm³/mol. The van der Waals surface area contributed by atoms with Crippen molar-refractivity contribution in [1.82, 2.24) is 10.6 Å². The number of carbonyl (C=O) groups excluding carboxylic acids is 2. The molecule has 0 saturated carbocycles. The minimum Gasteiger partial charge on any atom is -0.490 e. The van der Waals surface area contributed by atoms with Crippen molar-refractivity contribution in [2.24, 2.45) is 5.73 Å². The highest BCUT2D eigenvalue weighted by Crippen LogP contribution is 2.30. The molecule has 1 aromatic carbocycles. The second-order valence-corrected chi connectivity index (χ2v) is 14.3. The molecule has 2 amide bonds. The Labute approximate surface area is 270 Å². The second kappa shape index (κ2) is 23.1. The Morgan fingerprint density at radius 1 is 1.23 bits per heavy atom. The molecule has 0 aliphatic carbocycles. The third-order valence-electron chi connectivity index (χ3n) is 5.63. The maximum atomic E-state index is 12.1. The van der Waals surface area contributed by atoms with Gasteiger partial charge in [-0.05, 0) is 44.1 Å². The largest absolute Gasteiger partial charge is 0.490 e. The van der Waals surface area contributed by atoms with Crippen molar-refractivity contribution in [3.63, 3.8) is 0 Å². The summed E-state index contributed by atoms with van der Waals surface area (Å²) in [5.41, 5.74) is 5.65. The number of nitrogens with one attached hydrogen (secondary N) is 2. The summed E-state index contributed by atoms with van der Waals surface area (Å²) in [6.07, 6.45) is 3.98. The van der Waals surface area contributed by atoms with Gasteiger partial charge in [-0.2, -0.15) is 5.82 Å². The average Bonchev–Trinajstić information content (AvgIpc) is 3.39. The number of nitrogens with two attached hydrogens (primary N) is 1. The molecule has 1 aliphatic rings. The molecule has 5 atom stereocenters. The van der Waals surface area contributed by atoms with Gasteiger partial charge in [0.1, 0.15) is 35.9 Å². The standard InChI is InChI=1S/C27H41BN3O8S4/c1-19(42-40-2)38-22-15-24(39-23(22)16-32)28-8-5-10-30-25(33)17-35-12-13-36-26(43-41-3)18-37-21-7-4-6-20(14-21)27(34)31-11-9-29/h4,6-7,14,19,22-24,26,32H,9-13,15-18,29H2,1-3H3,(H,30,33)(H,31,34)/t19-,22-,23?,24-,26?/m1/s1. The van der Waals surface area contributed by atoms with Crippen LogP contribution in [-0.4, -0.2) is 118 Å². The lowest BCUT2D eigenvalue weighted by molar-refractivity contribution is -0.126. The first-order chi connectivity index (χ1) is 20.9. The zero-order chi connectivity index (χ0) is 31.3. The lowest BCUT2D eigenvalue weighted by Gasteiger charge is -2.20. The fourth-order valence-electron chi connectivity index (χ4n) is 3.75. The predicted octanol–water partition coefficient (Wildman–Crippen LogP) is 1.76. The number of benzene rings is 1. The Bertz CT molecular complexity index is 1020. The summed E-state index contributed by atoms with van der Waals surface area (Å²) in [6, 6.07) is 6.67. The molecule has 1 heterocycles. The minimum atomic E-state index is -0.380. The summed E-state index contributed by atoms with van der Waals surface area (Å²) < 4.78 is 28.9. The Morgan fingerprint density at radius 3 is 2.79 bits per heavy atom. The van der Waals surface area contributed by atoms with Gasteiger partial charge in [-0.1, -0.05) is 55.2 Å². The molecule has 2 unspecified atom stereocenters. The Morgan fingerprint density at radius 2 is 2.05 bits per heavy atom. The molecule has 0 bridgehead atoms. The van der Waals surface area contributed by atoms with Gasteiger partial charge < -0.3 is 45.2 Å². The van der Waals surface area contributed by atoms with E-state index in [1.54, 1.807) is 63.9 Å². The van der Waals surface area contributed by atoms with Gasteiger partial charge in [-0.15, -0.1) is 0 Å². The van der Waals surface area contributed by atoms with Gasteiger partial charge in [-0.25, -0.2) is 0 Å². The normalized spacial score (nSPS) is 19.1. The van der Waals surface area contributed by atoms with E-state index >= 15 is 0 Å². The average molecular weight is 675 g/mol. The van der Waals surface area contributed by atoms with Crippen LogP contribution >= 0.6 is 43.2 Å². The number of aliphatic hydroxyl groups is 1. The third kappa shape index (κ3) is 16.0.